The van der Waals surface area contributed by atoms with E-state index in [1.54, 1.807) is 6.92 Å². The van der Waals surface area contributed by atoms with Crippen LogP contribution in [0.15, 0.2) is 0 Å². The van der Waals surface area contributed by atoms with Crippen molar-refractivity contribution in [3.8, 4) is 0 Å². The van der Waals surface area contributed by atoms with Crippen LogP contribution in [0.5, 0.6) is 0 Å². The van der Waals surface area contributed by atoms with Crippen molar-refractivity contribution in [1.29, 1.82) is 0 Å². The Morgan fingerprint density at radius 1 is 1.50 bits per heavy atom. The van der Waals surface area contributed by atoms with Gasteiger partial charge >= 0.3 is 64.3 Å². The summed E-state index contributed by atoms with van der Waals surface area (Å²) in [4.78, 5) is 21.6. The Morgan fingerprint density at radius 2 is 2.10 bits per heavy atom. The SMILES string of the molecule is C[Se]C1(C)NC(=O)NC1=O. The molecule has 4 nitrogen and oxygen atoms in total. The van der Waals surface area contributed by atoms with Crippen LogP contribution in [0.4, 0.5) is 4.79 Å². The summed E-state index contributed by atoms with van der Waals surface area (Å²) in [5, 5.41) is 4.74. The molecular formula is C5H8N2O2Se. The minimum atomic E-state index is -0.621. The van der Waals surface area contributed by atoms with Crippen LogP contribution in [-0.2, 0) is 4.79 Å². The van der Waals surface area contributed by atoms with Crippen LogP contribution in [0.1, 0.15) is 6.92 Å². The second-order valence-electron chi connectivity index (χ2n) is 2.15. The standard InChI is InChI=1S/C5H8N2O2Se/c1-5(10-2)3(8)6-4(9)7-5/h1-2H3,(H2,6,7,8,9). The van der Waals surface area contributed by atoms with E-state index in [4.69, 9.17) is 0 Å². The molecule has 1 fully saturated rings. The van der Waals surface area contributed by atoms with Gasteiger partial charge in [0.25, 0.3) is 0 Å². The van der Waals surface area contributed by atoms with Crippen molar-refractivity contribution in [2.75, 3.05) is 0 Å². The number of hydrogen-bond acceptors (Lipinski definition) is 2. The predicted octanol–water partition coefficient (Wildman–Crippen LogP) is -0.706. The molecule has 1 aliphatic rings. The third kappa shape index (κ3) is 1.02. The fraction of sp³-hybridized carbons (Fsp3) is 0.600. The Labute approximate surface area is 64.9 Å². The van der Waals surface area contributed by atoms with E-state index < -0.39 is 4.44 Å². The van der Waals surface area contributed by atoms with Gasteiger partial charge in [-0.2, -0.15) is 0 Å². The van der Waals surface area contributed by atoms with E-state index in [-0.39, 0.29) is 26.9 Å². The average Bonchev–Trinajstić information content (AvgIpc) is 2.09. The molecule has 0 saturated carbocycles. The first-order valence-corrected chi connectivity index (χ1v) is 5.34. The monoisotopic (exact) mass is 208 g/mol. The van der Waals surface area contributed by atoms with Crippen LogP contribution in [0.25, 0.3) is 0 Å². The molecule has 0 aromatic rings. The summed E-state index contributed by atoms with van der Waals surface area (Å²) in [6.45, 7) is 1.73. The average molecular weight is 207 g/mol. The van der Waals surface area contributed by atoms with Crippen molar-refractivity contribution in [2.45, 2.75) is 17.2 Å². The van der Waals surface area contributed by atoms with Gasteiger partial charge in [0.05, 0.1) is 0 Å². The zero-order valence-electron chi connectivity index (χ0n) is 5.72. The molecule has 1 rings (SSSR count). The van der Waals surface area contributed by atoms with Gasteiger partial charge in [-0.15, -0.1) is 0 Å². The number of amides is 3. The third-order valence-corrected chi connectivity index (χ3v) is 3.74. The summed E-state index contributed by atoms with van der Waals surface area (Å²) in [6.07, 6.45) is 0. The fourth-order valence-electron chi connectivity index (χ4n) is 0.671. The topological polar surface area (TPSA) is 58.2 Å². The molecule has 1 atom stereocenters. The van der Waals surface area contributed by atoms with E-state index >= 15 is 0 Å². The van der Waals surface area contributed by atoms with Crippen LogP contribution in [0.2, 0.25) is 5.82 Å². The molecule has 1 heterocycles. The summed E-state index contributed by atoms with van der Waals surface area (Å²) >= 11 is 0.100. The summed E-state index contributed by atoms with van der Waals surface area (Å²) in [7, 11) is 0. The van der Waals surface area contributed by atoms with E-state index in [2.05, 4.69) is 10.6 Å². The number of carbonyl (C=O) groups is 2. The summed E-state index contributed by atoms with van der Waals surface area (Å²) in [5.74, 6) is 1.71. The van der Waals surface area contributed by atoms with Crippen LogP contribution in [0, 0.1) is 0 Å². The van der Waals surface area contributed by atoms with Crippen LogP contribution in [0.3, 0.4) is 0 Å². The molecule has 0 bridgehead atoms. The summed E-state index contributed by atoms with van der Waals surface area (Å²) < 4.78 is -0.621. The van der Waals surface area contributed by atoms with Gasteiger partial charge in [0.2, 0.25) is 0 Å². The van der Waals surface area contributed by atoms with Gasteiger partial charge in [0.1, 0.15) is 0 Å². The van der Waals surface area contributed by atoms with Crippen molar-refractivity contribution in [3.63, 3.8) is 0 Å². The Bertz CT molecular complexity index is 194. The molecule has 0 spiro atoms. The molecule has 1 aliphatic heterocycles. The molecule has 0 aromatic heterocycles. The molecule has 1 saturated heterocycles. The van der Waals surface area contributed by atoms with E-state index in [1.807, 2.05) is 5.82 Å². The molecule has 1 unspecified atom stereocenters. The molecular weight excluding hydrogens is 199 g/mol. The summed E-state index contributed by atoms with van der Waals surface area (Å²) in [5.41, 5.74) is 0. The molecule has 3 amide bonds. The van der Waals surface area contributed by atoms with E-state index in [9.17, 15) is 9.59 Å². The Balaban J connectivity index is 2.80. The molecule has 2 N–H and O–H groups in total. The van der Waals surface area contributed by atoms with E-state index in [0.29, 0.717) is 0 Å². The first kappa shape index (κ1) is 7.57. The Kier molecular flexibility index (Phi) is 1.70. The maximum atomic E-state index is 11.0. The van der Waals surface area contributed by atoms with Gasteiger partial charge in [0, 0.05) is 0 Å². The maximum absolute atomic E-state index is 11.0. The first-order chi connectivity index (χ1) is 4.58. The van der Waals surface area contributed by atoms with E-state index in [0.717, 1.165) is 0 Å². The molecule has 0 radical (unpaired) electrons. The molecule has 0 aromatic carbocycles. The number of nitrogens with one attached hydrogen (secondary N) is 2. The van der Waals surface area contributed by atoms with Gasteiger partial charge in [-0.1, -0.05) is 0 Å². The van der Waals surface area contributed by atoms with E-state index in [1.165, 1.54) is 0 Å². The predicted molar refractivity (Wildman–Crippen MR) is 36.7 cm³/mol. The molecule has 5 heteroatoms. The Morgan fingerprint density at radius 3 is 2.30 bits per heavy atom. The van der Waals surface area contributed by atoms with Gasteiger partial charge < -0.3 is 0 Å². The zero-order valence-corrected chi connectivity index (χ0v) is 7.44. The van der Waals surface area contributed by atoms with Crippen LogP contribution < -0.4 is 10.6 Å². The van der Waals surface area contributed by atoms with Crippen LogP contribution >= 0.6 is 0 Å². The quantitative estimate of drug-likeness (QED) is 0.441. The van der Waals surface area contributed by atoms with Crippen molar-refractivity contribution in [3.05, 3.63) is 0 Å². The third-order valence-electron chi connectivity index (χ3n) is 1.42. The second kappa shape index (κ2) is 2.25. The van der Waals surface area contributed by atoms with Crippen LogP contribution in [-0.4, -0.2) is 31.3 Å². The minimum absolute atomic E-state index is 0.100. The van der Waals surface area contributed by atoms with Gasteiger partial charge in [-0.3, -0.25) is 0 Å². The Hall–Kier alpha value is -0.541. The molecule has 0 aliphatic carbocycles. The number of imide groups is 1. The second-order valence-corrected chi connectivity index (χ2v) is 4.72. The molecule has 56 valence electrons. The van der Waals surface area contributed by atoms with Gasteiger partial charge in [-0.25, -0.2) is 0 Å². The van der Waals surface area contributed by atoms with Gasteiger partial charge in [0.15, 0.2) is 0 Å². The summed E-state index contributed by atoms with van der Waals surface area (Å²) in [6, 6.07) is -0.378. The number of carbonyl (C=O) groups excluding carboxylic acids is 2. The number of urea groups is 1. The zero-order chi connectivity index (χ0) is 7.78. The number of rotatable bonds is 1. The van der Waals surface area contributed by atoms with Crippen molar-refractivity contribution in [1.82, 2.24) is 10.6 Å². The van der Waals surface area contributed by atoms with Gasteiger partial charge in [-0.05, 0) is 0 Å². The normalized spacial score (nSPS) is 31.8. The first-order valence-electron chi connectivity index (χ1n) is 2.77. The van der Waals surface area contributed by atoms with Crippen molar-refractivity contribution in [2.24, 2.45) is 0 Å². The van der Waals surface area contributed by atoms with Crippen molar-refractivity contribution < 1.29 is 9.59 Å². The fourth-order valence-corrected chi connectivity index (χ4v) is 1.58. The molecule has 10 heavy (non-hydrogen) atoms. The van der Waals surface area contributed by atoms with Crippen molar-refractivity contribution >= 4 is 26.9 Å². The number of hydrogen-bond donors (Lipinski definition) is 2.